The lowest BCUT2D eigenvalue weighted by Gasteiger charge is -2.10. The molecule has 0 bridgehead atoms. The van der Waals surface area contributed by atoms with Crippen LogP contribution in [0.2, 0.25) is 0 Å². The number of rotatable bonds is 5. The minimum absolute atomic E-state index is 0.453. The van der Waals surface area contributed by atoms with Crippen LogP contribution >= 0.6 is 0 Å². The summed E-state index contributed by atoms with van der Waals surface area (Å²) in [7, 11) is 0. The van der Waals surface area contributed by atoms with Gasteiger partial charge in [0.2, 0.25) is 0 Å². The Balaban J connectivity index is 2.68. The van der Waals surface area contributed by atoms with Crippen LogP contribution in [0.1, 0.15) is 10.4 Å². The molecule has 1 aromatic rings. The highest BCUT2D eigenvalue weighted by Gasteiger charge is 2.27. The molecule has 1 aromatic carbocycles. The maximum atomic E-state index is 13.4. The van der Waals surface area contributed by atoms with E-state index in [1.807, 2.05) is 0 Å². The molecule has 0 heterocycles. The van der Waals surface area contributed by atoms with Crippen molar-refractivity contribution in [1.82, 2.24) is 5.32 Å². The molecule has 116 valence electrons. The minimum Gasteiger partial charge on any atom is -0.478 e. The number of carbonyl (C=O) groups excluding carboxylic acids is 1. The van der Waals surface area contributed by atoms with Crippen molar-refractivity contribution < 1.29 is 41.4 Å². The minimum atomic E-state index is -4.63. The Morgan fingerprint density at radius 3 is 2.14 bits per heavy atom. The fourth-order valence-corrected chi connectivity index (χ4v) is 1.21. The monoisotopic (exact) mass is 313 g/mol. The first-order valence-corrected chi connectivity index (χ1v) is 5.28. The lowest BCUT2D eigenvalue weighted by atomic mass is 10.2. The van der Waals surface area contributed by atoms with Crippen LogP contribution in [0, 0.1) is 11.6 Å². The van der Waals surface area contributed by atoms with E-state index in [1.165, 1.54) is 5.32 Å². The van der Waals surface area contributed by atoms with Crippen molar-refractivity contribution in [3.63, 3.8) is 0 Å². The van der Waals surface area contributed by atoms with Gasteiger partial charge in [-0.25, -0.2) is 13.6 Å². The third-order valence-corrected chi connectivity index (χ3v) is 2.08. The van der Waals surface area contributed by atoms with Crippen LogP contribution < -0.4 is 10.1 Å². The largest absolute Gasteiger partial charge is 0.478 e. The van der Waals surface area contributed by atoms with Crippen LogP contribution in [0.25, 0.3) is 0 Å². The topological polar surface area (TPSA) is 75.6 Å². The number of carboxylic acids is 1. The summed E-state index contributed by atoms with van der Waals surface area (Å²) in [4.78, 5) is 21.5. The fourth-order valence-electron chi connectivity index (χ4n) is 1.21. The molecule has 0 fully saturated rings. The molecule has 0 aliphatic carbocycles. The maximum absolute atomic E-state index is 13.4. The van der Waals surface area contributed by atoms with Crippen molar-refractivity contribution >= 4 is 11.9 Å². The summed E-state index contributed by atoms with van der Waals surface area (Å²) < 4.78 is 66.5. The number of amides is 1. The van der Waals surface area contributed by atoms with Gasteiger partial charge in [0.25, 0.3) is 5.91 Å². The Kier molecular flexibility index (Phi) is 5.06. The first kappa shape index (κ1) is 16.7. The number of nitrogens with one attached hydrogen (secondary N) is 1. The van der Waals surface area contributed by atoms with Gasteiger partial charge in [-0.3, -0.25) is 4.79 Å². The average molecular weight is 313 g/mol. The van der Waals surface area contributed by atoms with E-state index in [9.17, 15) is 31.5 Å². The van der Waals surface area contributed by atoms with E-state index in [4.69, 9.17) is 5.11 Å². The van der Waals surface area contributed by atoms with Crippen LogP contribution in [0.4, 0.5) is 22.0 Å². The lowest BCUT2D eigenvalue weighted by Crippen LogP contribution is -2.36. The Bertz CT molecular complexity index is 535. The SMILES string of the molecule is O=C(COc1c(F)cc(C(=O)O)cc1F)NCC(F)(F)F. The van der Waals surface area contributed by atoms with E-state index in [0.717, 1.165) is 0 Å². The van der Waals surface area contributed by atoms with Crippen LogP contribution in [-0.2, 0) is 4.79 Å². The zero-order chi connectivity index (χ0) is 16.2. The molecule has 2 N–H and O–H groups in total. The van der Waals surface area contributed by atoms with E-state index in [2.05, 4.69) is 4.74 Å². The molecule has 0 aromatic heterocycles. The maximum Gasteiger partial charge on any atom is 0.405 e. The van der Waals surface area contributed by atoms with E-state index < -0.39 is 54.2 Å². The summed E-state index contributed by atoms with van der Waals surface area (Å²) in [6.45, 7) is -2.67. The normalized spacial score (nSPS) is 11.1. The summed E-state index contributed by atoms with van der Waals surface area (Å²) in [5.41, 5.74) is -0.682. The molecule has 0 saturated carbocycles. The van der Waals surface area contributed by atoms with Crippen molar-refractivity contribution in [3.8, 4) is 5.75 Å². The number of ether oxygens (including phenoxy) is 1. The molecule has 0 unspecified atom stereocenters. The molecule has 0 aliphatic rings. The van der Waals surface area contributed by atoms with Crippen molar-refractivity contribution in [2.45, 2.75) is 6.18 Å². The van der Waals surface area contributed by atoms with Gasteiger partial charge in [-0.1, -0.05) is 0 Å². The predicted octanol–water partition coefficient (Wildman–Crippen LogP) is 1.72. The number of hydrogen-bond donors (Lipinski definition) is 2. The highest BCUT2D eigenvalue weighted by molar-refractivity contribution is 5.87. The second-order valence-electron chi connectivity index (χ2n) is 3.75. The molecule has 0 radical (unpaired) electrons. The second-order valence-corrected chi connectivity index (χ2v) is 3.75. The Hall–Kier alpha value is -2.39. The predicted molar refractivity (Wildman–Crippen MR) is 57.9 cm³/mol. The number of aromatic carboxylic acids is 1. The number of benzene rings is 1. The first-order valence-electron chi connectivity index (χ1n) is 5.28. The molecular formula is C11H8F5NO4. The highest BCUT2D eigenvalue weighted by atomic mass is 19.4. The molecule has 0 spiro atoms. The van der Waals surface area contributed by atoms with Gasteiger partial charge >= 0.3 is 12.1 Å². The Morgan fingerprint density at radius 1 is 1.19 bits per heavy atom. The Morgan fingerprint density at radius 2 is 1.71 bits per heavy atom. The summed E-state index contributed by atoms with van der Waals surface area (Å²) in [6.07, 6.45) is -4.63. The molecule has 0 saturated heterocycles. The van der Waals surface area contributed by atoms with Crippen LogP contribution in [0.3, 0.4) is 0 Å². The molecular weight excluding hydrogens is 305 g/mol. The number of halogens is 5. The summed E-state index contributed by atoms with van der Waals surface area (Å²) >= 11 is 0. The summed E-state index contributed by atoms with van der Waals surface area (Å²) in [5, 5.41) is 9.98. The molecule has 0 atom stereocenters. The standard InChI is InChI=1S/C11H8F5NO4/c12-6-1-5(10(19)20)2-7(13)9(6)21-3-8(18)17-4-11(14,15)16/h1-2H,3-4H2,(H,17,18)(H,19,20). The van der Waals surface area contributed by atoms with Crippen LogP contribution in [0.15, 0.2) is 12.1 Å². The lowest BCUT2D eigenvalue weighted by molar-refractivity contribution is -0.139. The highest BCUT2D eigenvalue weighted by Crippen LogP contribution is 2.23. The summed E-state index contributed by atoms with van der Waals surface area (Å²) in [5.74, 6) is -6.66. The van der Waals surface area contributed by atoms with Crippen molar-refractivity contribution in [3.05, 3.63) is 29.3 Å². The van der Waals surface area contributed by atoms with Gasteiger partial charge in [0.15, 0.2) is 24.0 Å². The molecule has 21 heavy (non-hydrogen) atoms. The number of alkyl halides is 3. The first-order chi connectivity index (χ1) is 9.60. The third kappa shape index (κ3) is 5.24. The fraction of sp³-hybridized carbons (Fsp3) is 0.273. The van der Waals surface area contributed by atoms with Gasteiger partial charge in [0.1, 0.15) is 6.54 Å². The Labute approximate surface area is 114 Å². The second kappa shape index (κ2) is 6.37. The quantitative estimate of drug-likeness (QED) is 0.812. The van der Waals surface area contributed by atoms with Gasteiger partial charge in [0.05, 0.1) is 5.56 Å². The van der Waals surface area contributed by atoms with Crippen molar-refractivity contribution in [2.75, 3.05) is 13.2 Å². The third-order valence-electron chi connectivity index (χ3n) is 2.08. The van der Waals surface area contributed by atoms with Crippen molar-refractivity contribution in [1.29, 1.82) is 0 Å². The van der Waals surface area contributed by atoms with Crippen molar-refractivity contribution in [2.24, 2.45) is 0 Å². The number of carboxylic acid groups (broad SMARTS) is 1. The van der Waals surface area contributed by atoms with E-state index >= 15 is 0 Å². The van der Waals surface area contributed by atoms with Gasteiger partial charge in [-0.05, 0) is 12.1 Å². The molecule has 0 aliphatic heterocycles. The van der Waals surface area contributed by atoms with Gasteiger partial charge < -0.3 is 15.2 Å². The average Bonchev–Trinajstić information content (AvgIpc) is 2.34. The smallest absolute Gasteiger partial charge is 0.405 e. The van der Waals surface area contributed by atoms with Gasteiger partial charge in [-0.15, -0.1) is 0 Å². The van der Waals surface area contributed by atoms with E-state index in [0.29, 0.717) is 12.1 Å². The van der Waals surface area contributed by atoms with Gasteiger partial charge in [-0.2, -0.15) is 13.2 Å². The summed E-state index contributed by atoms with van der Waals surface area (Å²) in [6, 6.07) is 0.905. The number of carbonyl (C=O) groups is 2. The molecule has 10 heteroatoms. The molecule has 1 rings (SSSR count). The van der Waals surface area contributed by atoms with Crippen LogP contribution in [0.5, 0.6) is 5.75 Å². The zero-order valence-corrected chi connectivity index (χ0v) is 10.1. The molecule has 1 amide bonds. The van der Waals surface area contributed by atoms with Crippen LogP contribution in [-0.4, -0.2) is 36.3 Å². The van der Waals surface area contributed by atoms with E-state index in [-0.39, 0.29) is 0 Å². The van der Waals surface area contributed by atoms with Gasteiger partial charge in [0, 0.05) is 0 Å². The van der Waals surface area contributed by atoms with E-state index in [1.54, 1.807) is 0 Å². The number of hydrogen-bond acceptors (Lipinski definition) is 3. The zero-order valence-electron chi connectivity index (χ0n) is 10.1. The molecule has 5 nitrogen and oxygen atoms in total.